The van der Waals surface area contributed by atoms with Crippen LogP contribution in [0.2, 0.25) is 0 Å². The monoisotopic (exact) mass is 668 g/mol. The third kappa shape index (κ3) is 14.8. The SMILES string of the molecule is CC(=O)CN(C)C(=O)[C@H](Cc1cccnc1)NC(=O)[C@H](CC(N)=O)NC(=O)[C@H](CCC(=O)OC(C)(C)C)NC(=O)OCc1ccccc1. The molecule has 260 valence electrons. The van der Waals surface area contributed by atoms with Crippen LogP contribution in [0.1, 0.15) is 58.1 Å². The van der Waals surface area contributed by atoms with Gasteiger partial charge in [-0.25, -0.2) is 4.79 Å². The second kappa shape index (κ2) is 18.7. The molecular formula is C33H44N6O9. The molecule has 1 heterocycles. The quantitative estimate of drug-likeness (QED) is 0.175. The van der Waals surface area contributed by atoms with Crippen molar-refractivity contribution in [2.45, 2.75) is 83.7 Å². The number of ether oxygens (including phenoxy) is 2. The first kappa shape index (κ1) is 38.8. The van der Waals surface area contributed by atoms with E-state index in [2.05, 4.69) is 20.9 Å². The van der Waals surface area contributed by atoms with Crippen LogP contribution in [-0.4, -0.2) is 88.7 Å². The number of primary amides is 1. The zero-order valence-electron chi connectivity index (χ0n) is 27.8. The van der Waals surface area contributed by atoms with Crippen molar-refractivity contribution in [3.05, 3.63) is 66.0 Å². The van der Waals surface area contributed by atoms with Gasteiger partial charge in [0, 0.05) is 32.3 Å². The number of carbonyl (C=O) groups excluding carboxylic acids is 7. The van der Waals surface area contributed by atoms with E-state index in [-0.39, 0.29) is 38.2 Å². The fraction of sp³-hybridized carbons (Fsp3) is 0.455. The number of pyridine rings is 1. The van der Waals surface area contributed by atoms with Crippen LogP contribution in [0.15, 0.2) is 54.9 Å². The van der Waals surface area contributed by atoms with Crippen LogP contribution < -0.4 is 21.7 Å². The summed E-state index contributed by atoms with van der Waals surface area (Å²) in [5, 5.41) is 7.35. The summed E-state index contributed by atoms with van der Waals surface area (Å²) in [5.74, 6) is -4.34. The second-order valence-electron chi connectivity index (χ2n) is 12.1. The van der Waals surface area contributed by atoms with Crippen molar-refractivity contribution in [2.75, 3.05) is 13.6 Å². The maximum Gasteiger partial charge on any atom is 0.408 e. The molecule has 0 saturated carbocycles. The summed E-state index contributed by atoms with van der Waals surface area (Å²) in [6.07, 6.45) is 0.837. The van der Waals surface area contributed by atoms with Crippen LogP contribution >= 0.6 is 0 Å². The molecule has 0 fully saturated rings. The van der Waals surface area contributed by atoms with Gasteiger partial charge in [-0.2, -0.15) is 0 Å². The van der Waals surface area contributed by atoms with Gasteiger partial charge in [0.2, 0.25) is 23.6 Å². The van der Waals surface area contributed by atoms with Crippen LogP contribution in [0.5, 0.6) is 0 Å². The van der Waals surface area contributed by atoms with Gasteiger partial charge in [-0.1, -0.05) is 36.4 Å². The molecule has 0 aliphatic carbocycles. The minimum atomic E-state index is -1.58. The van der Waals surface area contributed by atoms with E-state index in [1.54, 1.807) is 63.2 Å². The summed E-state index contributed by atoms with van der Waals surface area (Å²) in [6.45, 7) is 6.00. The molecule has 2 aromatic rings. The standard InChI is InChI=1S/C33H44N6O9/c1-21(40)19-39(5)31(45)26(16-23-12-9-15-35-18-23)37-30(44)25(17-27(34)41)36-29(43)24(13-14-28(42)48-33(2,3)4)38-32(46)47-20-22-10-7-6-8-11-22/h6-12,15,18,24-26H,13-14,16-17,19-20H2,1-5H3,(H2,34,41)(H,36,43)(H,37,44)(H,38,46)/t24-,25-,26-/m0/s1. The summed E-state index contributed by atoms with van der Waals surface area (Å²) in [4.78, 5) is 94.2. The summed E-state index contributed by atoms with van der Waals surface area (Å²) in [6, 6.07) is 7.90. The molecule has 5 amide bonds. The highest BCUT2D eigenvalue weighted by molar-refractivity contribution is 5.96. The fourth-order valence-corrected chi connectivity index (χ4v) is 4.42. The molecule has 0 radical (unpaired) electrons. The number of rotatable bonds is 17. The number of amides is 5. The van der Waals surface area contributed by atoms with Crippen LogP contribution in [0.3, 0.4) is 0 Å². The van der Waals surface area contributed by atoms with E-state index in [1.807, 2.05) is 0 Å². The predicted molar refractivity (Wildman–Crippen MR) is 173 cm³/mol. The second-order valence-corrected chi connectivity index (χ2v) is 12.1. The van der Waals surface area contributed by atoms with Gasteiger partial charge in [-0.3, -0.25) is 33.8 Å². The lowest BCUT2D eigenvalue weighted by atomic mass is 10.0. The Bertz CT molecular complexity index is 1430. The lowest BCUT2D eigenvalue weighted by Gasteiger charge is -2.27. The Morgan fingerprint density at radius 3 is 2.08 bits per heavy atom. The fourth-order valence-electron chi connectivity index (χ4n) is 4.42. The third-order valence-electron chi connectivity index (χ3n) is 6.53. The minimum Gasteiger partial charge on any atom is -0.460 e. The van der Waals surface area contributed by atoms with Crippen LogP contribution in [0.25, 0.3) is 0 Å². The lowest BCUT2D eigenvalue weighted by Crippen LogP contribution is -2.58. The first-order valence-corrected chi connectivity index (χ1v) is 15.3. The van der Waals surface area contributed by atoms with Gasteiger partial charge in [0.1, 0.15) is 36.1 Å². The Morgan fingerprint density at radius 2 is 1.50 bits per heavy atom. The van der Waals surface area contributed by atoms with Gasteiger partial charge < -0.3 is 36.1 Å². The highest BCUT2D eigenvalue weighted by atomic mass is 16.6. The third-order valence-corrected chi connectivity index (χ3v) is 6.53. The van der Waals surface area contributed by atoms with E-state index in [9.17, 15) is 33.6 Å². The van der Waals surface area contributed by atoms with Crippen molar-refractivity contribution >= 4 is 41.5 Å². The molecule has 0 aliphatic rings. The van der Waals surface area contributed by atoms with Crippen molar-refractivity contribution < 1.29 is 43.0 Å². The number of Topliss-reactive ketones (excluding diaryl/α,β-unsaturated/α-hetero) is 1. The number of hydrogen-bond donors (Lipinski definition) is 4. The predicted octanol–water partition coefficient (Wildman–Crippen LogP) is 0.933. The molecule has 15 nitrogen and oxygen atoms in total. The number of alkyl carbamates (subject to hydrolysis) is 1. The summed E-state index contributed by atoms with van der Waals surface area (Å²) < 4.78 is 10.5. The van der Waals surface area contributed by atoms with Crippen LogP contribution in [-0.2, 0) is 51.3 Å². The van der Waals surface area contributed by atoms with Gasteiger partial charge in [0.05, 0.1) is 13.0 Å². The van der Waals surface area contributed by atoms with Crippen molar-refractivity contribution in [1.82, 2.24) is 25.8 Å². The molecule has 0 unspecified atom stereocenters. The van der Waals surface area contributed by atoms with E-state index < -0.39 is 65.8 Å². The van der Waals surface area contributed by atoms with Gasteiger partial charge in [0.15, 0.2) is 0 Å². The van der Waals surface area contributed by atoms with Crippen LogP contribution in [0.4, 0.5) is 4.79 Å². The highest BCUT2D eigenvalue weighted by Gasteiger charge is 2.32. The average Bonchev–Trinajstić information content (AvgIpc) is 3.00. The molecule has 2 rings (SSSR count). The van der Waals surface area contributed by atoms with Crippen molar-refractivity contribution in [1.29, 1.82) is 0 Å². The number of nitrogens with zero attached hydrogens (tertiary/aromatic N) is 2. The van der Waals surface area contributed by atoms with Gasteiger partial charge in [-0.15, -0.1) is 0 Å². The van der Waals surface area contributed by atoms with Crippen molar-refractivity contribution in [3.8, 4) is 0 Å². The lowest BCUT2D eigenvalue weighted by molar-refractivity contribution is -0.155. The van der Waals surface area contributed by atoms with Gasteiger partial charge in [-0.05, 0) is 51.3 Å². The molecule has 3 atom stereocenters. The van der Waals surface area contributed by atoms with Crippen molar-refractivity contribution in [3.63, 3.8) is 0 Å². The first-order valence-electron chi connectivity index (χ1n) is 15.3. The Balaban J connectivity index is 2.26. The Morgan fingerprint density at radius 1 is 0.875 bits per heavy atom. The number of nitrogens with two attached hydrogens (primary N) is 1. The number of ketones is 1. The topological polar surface area (TPSA) is 216 Å². The number of esters is 1. The Labute approximate surface area is 279 Å². The zero-order chi connectivity index (χ0) is 35.9. The Kier molecular flexibility index (Phi) is 15.1. The molecule has 0 aliphatic heterocycles. The molecule has 1 aromatic carbocycles. The van der Waals surface area contributed by atoms with Crippen LogP contribution in [0, 0.1) is 0 Å². The summed E-state index contributed by atoms with van der Waals surface area (Å²) >= 11 is 0. The smallest absolute Gasteiger partial charge is 0.408 e. The van der Waals surface area contributed by atoms with E-state index in [4.69, 9.17) is 15.2 Å². The largest absolute Gasteiger partial charge is 0.460 e. The number of nitrogens with one attached hydrogen (secondary N) is 3. The average molecular weight is 669 g/mol. The summed E-state index contributed by atoms with van der Waals surface area (Å²) in [7, 11) is 1.40. The highest BCUT2D eigenvalue weighted by Crippen LogP contribution is 2.12. The van der Waals surface area contributed by atoms with E-state index in [0.29, 0.717) is 11.1 Å². The number of carbonyl (C=O) groups is 7. The molecule has 5 N–H and O–H groups in total. The van der Waals surface area contributed by atoms with Gasteiger partial charge >= 0.3 is 12.1 Å². The maximum absolute atomic E-state index is 13.5. The normalized spacial score (nSPS) is 12.8. The number of likely N-dealkylation sites (N-methyl/N-ethyl adjacent to an activating group) is 1. The molecule has 15 heteroatoms. The Hall–Kier alpha value is -5.34. The number of hydrogen-bond acceptors (Lipinski definition) is 10. The van der Waals surface area contributed by atoms with Gasteiger partial charge in [0.25, 0.3) is 0 Å². The number of aromatic nitrogens is 1. The van der Waals surface area contributed by atoms with Crippen molar-refractivity contribution in [2.24, 2.45) is 5.73 Å². The zero-order valence-corrected chi connectivity index (χ0v) is 27.8. The van der Waals surface area contributed by atoms with E-state index >= 15 is 0 Å². The minimum absolute atomic E-state index is 0.0226. The molecule has 48 heavy (non-hydrogen) atoms. The van der Waals surface area contributed by atoms with E-state index in [0.717, 1.165) is 4.90 Å². The first-order chi connectivity index (χ1) is 22.5. The van der Waals surface area contributed by atoms with E-state index in [1.165, 1.54) is 26.4 Å². The number of benzene rings is 1. The molecule has 1 aromatic heterocycles. The maximum atomic E-state index is 13.5. The molecule has 0 spiro atoms. The molecule has 0 bridgehead atoms. The molecule has 0 saturated heterocycles. The molecular weight excluding hydrogens is 624 g/mol. The summed E-state index contributed by atoms with van der Waals surface area (Å²) in [5.41, 5.74) is 5.86.